The standard InChI is InChI=1S/C13H20N2O4S/c1-11-6-4-7-12(14-11)10-15(2)20(17,18)9-5-8-13(16)19-3/h4,6-7H,5,8-10H2,1-3H3. The molecule has 0 aromatic carbocycles. The molecule has 0 unspecified atom stereocenters. The molecule has 112 valence electrons. The molecule has 0 saturated carbocycles. The molecule has 0 radical (unpaired) electrons. The van der Waals surface area contributed by atoms with Crippen LogP contribution in [-0.2, 0) is 26.1 Å². The molecule has 1 aromatic heterocycles. The van der Waals surface area contributed by atoms with E-state index in [1.165, 1.54) is 18.5 Å². The number of carbonyl (C=O) groups excluding carboxylic acids is 1. The Balaban J connectivity index is 2.56. The number of nitrogens with zero attached hydrogens (tertiary/aromatic N) is 2. The van der Waals surface area contributed by atoms with E-state index in [9.17, 15) is 13.2 Å². The lowest BCUT2D eigenvalue weighted by molar-refractivity contribution is -0.140. The van der Waals surface area contributed by atoms with Gasteiger partial charge in [-0.25, -0.2) is 8.42 Å². The number of carbonyl (C=O) groups is 1. The Hall–Kier alpha value is -1.47. The van der Waals surface area contributed by atoms with Gasteiger partial charge in [0, 0.05) is 19.2 Å². The fraction of sp³-hybridized carbons (Fsp3) is 0.538. The molecule has 0 spiro atoms. The van der Waals surface area contributed by atoms with E-state index in [4.69, 9.17) is 0 Å². The number of methoxy groups -OCH3 is 1. The zero-order valence-electron chi connectivity index (χ0n) is 12.0. The molecule has 0 fully saturated rings. The van der Waals surface area contributed by atoms with Crippen molar-refractivity contribution in [2.75, 3.05) is 19.9 Å². The van der Waals surface area contributed by atoms with Gasteiger partial charge in [-0.1, -0.05) is 6.07 Å². The van der Waals surface area contributed by atoms with Crippen molar-refractivity contribution in [2.45, 2.75) is 26.3 Å². The lowest BCUT2D eigenvalue weighted by atomic mass is 10.3. The van der Waals surface area contributed by atoms with Crippen LogP contribution in [0.5, 0.6) is 0 Å². The molecule has 6 nitrogen and oxygen atoms in total. The van der Waals surface area contributed by atoms with Crippen LogP contribution in [0.15, 0.2) is 18.2 Å². The highest BCUT2D eigenvalue weighted by atomic mass is 32.2. The zero-order valence-corrected chi connectivity index (χ0v) is 12.8. The first-order valence-corrected chi connectivity index (χ1v) is 7.89. The maximum atomic E-state index is 12.0. The van der Waals surface area contributed by atoms with Gasteiger partial charge in [0.1, 0.15) is 0 Å². The minimum Gasteiger partial charge on any atom is -0.469 e. The number of pyridine rings is 1. The second kappa shape index (κ2) is 7.35. The number of aromatic nitrogens is 1. The summed E-state index contributed by atoms with van der Waals surface area (Å²) in [7, 11) is -0.594. The molecule has 0 aliphatic rings. The molecule has 0 saturated heterocycles. The van der Waals surface area contributed by atoms with E-state index in [1.807, 2.05) is 19.1 Å². The van der Waals surface area contributed by atoms with E-state index in [0.717, 1.165) is 5.69 Å². The van der Waals surface area contributed by atoms with Crippen molar-refractivity contribution in [3.05, 3.63) is 29.6 Å². The van der Waals surface area contributed by atoms with Crippen molar-refractivity contribution in [1.29, 1.82) is 0 Å². The van der Waals surface area contributed by atoms with Crippen LogP contribution < -0.4 is 0 Å². The zero-order chi connectivity index (χ0) is 15.2. The fourth-order valence-electron chi connectivity index (χ4n) is 1.67. The fourth-order valence-corrected chi connectivity index (χ4v) is 2.82. The van der Waals surface area contributed by atoms with E-state index in [2.05, 4.69) is 9.72 Å². The number of sulfonamides is 1. The topological polar surface area (TPSA) is 76.6 Å². The molecule has 0 aliphatic carbocycles. The van der Waals surface area contributed by atoms with Crippen molar-refractivity contribution < 1.29 is 17.9 Å². The van der Waals surface area contributed by atoms with Gasteiger partial charge in [-0.15, -0.1) is 0 Å². The Morgan fingerprint density at radius 1 is 1.40 bits per heavy atom. The maximum Gasteiger partial charge on any atom is 0.305 e. The van der Waals surface area contributed by atoms with Crippen LogP contribution in [0.4, 0.5) is 0 Å². The Kier molecular flexibility index (Phi) is 6.09. The van der Waals surface area contributed by atoms with Gasteiger partial charge in [-0.05, 0) is 25.5 Å². The summed E-state index contributed by atoms with van der Waals surface area (Å²) < 4.78 is 29.8. The summed E-state index contributed by atoms with van der Waals surface area (Å²) >= 11 is 0. The van der Waals surface area contributed by atoms with E-state index in [0.29, 0.717) is 5.69 Å². The van der Waals surface area contributed by atoms with Crippen molar-refractivity contribution in [3.63, 3.8) is 0 Å². The van der Waals surface area contributed by atoms with E-state index >= 15 is 0 Å². The lowest BCUT2D eigenvalue weighted by Crippen LogP contribution is -2.29. The Morgan fingerprint density at radius 2 is 2.10 bits per heavy atom. The number of ether oxygens (including phenoxy) is 1. The molecule has 1 heterocycles. The first kappa shape index (κ1) is 16.6. The number of hydrogen-bond acceptors (Lipinski definition) is 5. The van der Waals surface area contributed by atoms with Crippen LogP contribution >= 0.6 is 0 Å². The third kappa shape index (κ3) is 5.26. The predicted octanol–water partition coefficient (Wildman–Crippen LogP) is 1.10. The average molecular weight is 300 g/mol. The molecule has 20 heavy (non-hydrogen) atoms. The summed E-state index contributed by atoms with van der Waals surface area (Å²) in [6, 6.07) is 5.48. The maximum absolute atomic E-state index is 12.0. The van der Waals surface area contributed by atoms with Crippen molar-refractivity contribution in [1.82, 2.24) is 9.29 Å². The third-order valence-electron chi connectivity index (χ3n) is 2.82. The van der Waals surface area contributed by atoms with Crippen LogP contribution in [0.1, 0.15) is 24.2 Å². The van der Waals surface area contributed by atoms with Crippen molar-refractivity contribution in [2.24, 2.45) is 0 Å². The first-order chi connectivity index (χ1) is 9.35. The smallest absolute Gasteiger partial charge is 0.305 e. The van der Waals surface area contributed by atoms with E-state index in [-0.39, 0.29) is 25.1 Å². The highest BCUT2D eigenvalue weighted by Crippen LogP contribution is 2.08. The molecule has 0 bridgehead atoms. The van der Waals surface area contributed by atoms with Gasteiger partial charge in [0.25, 0.3) is 0 Å². The van der Waals surface area contributed by atoms with E-state index in [1.54, 1.807) is 6.07 Å². The molecule has 1 rings (SSSR count). The normalized spacial score (nSPS) is 11.6. The molecule has 7 heteroatoms. The van der Waals surface area contributed by atoms with Gasteiger partial charge >= 0.3 is 5.97 Å². The average Bonchev–Trinajstić information content (AvgIpc) is 2.38. The van der Waals surface area contributed by atoms with Gasteiger partial charge in [-0.3, -0.25) is 9.78 Å². The summed E-state index contributed by atoms with van der Waals surface area (Å²) in [5, 5.41) is 0. The van der Waals surface area contributed by atoms with Crippen LogP contribution in [0.3, 0.4) is 0 Å². The molecule has 0 N–H and O–H groups in total. The molecule has 0 atom stereocenters. The SMILES string of the molecule is COC(=O)CCCS(=O)(=O)N(C)Cc1cccc(C)n1. The summed E-state index contributed by atoms with van der Waals surface area (Å²) in [5.41, 5.74) is 1.54. The predicted molar refractivity (Wildman–Crippen MR) is 75.5 cm³/mol. The van der Waals surface area contributed by atoms with E-state index < -0.39 is 16.0 Å². The Morgan fingerprint density at radius 3 is 2.70 bits per heavy atom. The number of aryl methyl sites for hydroxylation is 1. The van der Waals surface area contributed by atoms with Gasteiger partial charge in [-0.2, -0.15) is 4.31 Å². The summed E-state index contributed by atoms with van der Waals surface area (Å²) in [6.45, 7) is 2.08. The van der Waals surface area contributed by atoms with Gasteiger partial charge < -0.3 is 4.74 Å². The molecule has 0 amide bonds. The second-order valence-electron chi connectivity index (χ2n) is 4.52. The minimum atomic E-state index is -3.39. The van der Waals surface area contributed by atoms with Crippen LogP contribution in [0.2, 0.25) is 0 Å². The minimum absolute atomic E-state index is 0.0790. The van der Waals surface area contributed by atoms with Gasteiger partial charge in [0.2, 0.25) is 10.0 Å². The highest BCUT2D eigenvalue weighted by molar-refractivity contribution is 7.89. The Bertz CT molecular complexity index is 557. The summed E-state index contributed by atoms with van der Waals surface area (Å²) in [4.78, 5) is 15.2. The molecular weight excluding hydrogens is 280 g/mol. The summed E-state index contributed by atoms with van der Waals surface area (Å²) in [5.74, 6) is -0.479. The molecule has 0 aliphatic heterocycles. The van der Waals surface area contributed by atoms with Crippen molar-refractivity contribution in [3.8, 4) is 0 Å². The van der Waals surface area contributed by atoms with Crippen molar-refractivity contribution >= 4 is 16.0 Å². The molecular formula is C13H20N2O4S. The Labute approximate surface area is 119 Å². The number of hydrogen-bond donors (Lipinski definition) is 0. The largest absolute Gasteiger partial charge is 0.469 e. The van der Waals surface area contributed by atoms with Crippen LogP contribution in [0, 0.1) is 6.92 Å². The second-order valence-corrected chi connectivity index (χ2v) is 6.72. The lowest BCUT2D eigenvalue weighted by Gasteiger charge is -2.16. The van der Waals surface area contributed by atoms with Crippen LogP contribution in [0.25, 0.3) is 0 Å². The number of rotatable bonds is 7. The van der Waals surface area contributed by atoms with Crippen LogP contribution in [-0.4, -0.2) is 43.6 Å². The van der Waals surface area contributed by atoms with Gasteiger partial charge in [0.15, 0.2) is 0 Å². The summed E-state index contributed by atoms with van der Waals surface area (Å²) in [6.07, 6.45) is 0.354. The number of esters is 1. The first-order valence-electron chi connectivity index (χ1n) is 6.28. The third-order valence-corrected chi connectivity index (χ3v) is 4.70. The monoisotopic (exact) mass is 300 g/mol. The molecule has 1 aromatic rings. The highest BCUT2D eigenvalue weighted by Gasteiger charge is 2.18. The quantitative estimate of drug-likeness (QED) is 0.705. The van der Waals surface area contributed by atoms with Gasteiger partial charge in [0.05, 0.1) is 25.1 Å².